The Morgan fingerprint density at radius 3 is 2.62 bits per heavy atom. The minimum Gasteiger partial charge on any atom is -0.480 e. The van der Waals surface area contributed by atoms with Gasteiger partial charge in [0.25, 0.3) is 0 Å². The lowest BCUT2D eigenvalue weighted by Gasteiger charge is -2.12. The number of aliphatic carboxylic acids is 1. The monoisotopic (exact) mass is 475 g/mol. The SMILES string of the molecule is CCOC(=O)N=S(C)(=O)c1ccc(Nc2ncc(-c3cccs3)c(NCC(=O)O)n2)cc1. The Labute approximate surface area is 188 Å². The van der Waals surface area contributed by atoms with Crippen molar-refractivity contribution in [2.75, 3.05) is 30.0 Å². The van der Waals surface area contributed by atoms with Crippen LogP contribution in [-0.4, -0.2) is 50.8 Å². The number of benzene rings is 1. The maximum absolute atomic E-state index is 12.7. The highest BCUT2D eigenvalue weighted by Gasteiger charge is 2.13. The molecule has 0 saturated carbocycles. The summed E-state index contributed by atoms with van der Waals surface area (Å²) < 4.78 is 21.1. The number of anilines is 3. The van der Waals surface area contributed by atoms with Crippen LogP contribution in [0.1, 0.15) is 6.92 Å². The molecule has 0 aliphatic carbocycles. The second-order valence-corrected chi connectivity index (χ2v) is 9.63. The van der Waals surface area contributed by atoms with Crippen LogP contribution in [0.3, 0.4) is 0 Å². The number of amides is 1. The van der Waals surface area contributed by atoms with E-state index >= 15 is 0 Å². The van der Waals surface area contributed by atoms with E-state index in [9.17, 15) is 13.8 Å². The highest BCUT2D eigenvalue weighted by Crippen LogP contribution is 2.31. The largest absolute Gasteiger partial charge is 0.480 e. The zero-order valence-corrected chi connectivity index (χ0v) is 18.9. The van der Waals surface area contributed by atoms with Gasteiger partial charge in [0.1, 0.15) is 12.4 Å². The van der Waals surface area contributed by atoms with Crippen molar-refractivity contribution in [2.24, 2.45) is 4.36 Å². The summed E-state index contributed by atoms with van der Waals surface area (Å²) in [5.74, 6) is -0.379. The van der Waals surface area contributed by atoms with Gasteiger partial charge in [-0.25, -0.2) is 14.0 Å². The van der Waals surface area contributed by atoms with E-state index in [2.05, 4.69) is 25.0 Å². The number of hydrogen-bond acceptors (Lipinski definition) is 9. The van der Waals surface area contributed by atoms with Crippen molar-refractivity contribution in [3.05, 3.63) is 48.0 Å². The van der Waals surface area contributed by atoms with Crippen LogP contribution in [0.4, 0.5) is 22.2 Å². The number of nitrogens with zero attached hydrogens (tertiary/aromatic N) is 3. The molecule has 1 aromatic carbocycles. The Bertz CT molecular complexity index is 1220. The summed E-state index contributed by atoms with van der Waals surface area (Å²) in [6.45, 7) is 1.50. The number of rotatable bonds is 8. The number of ether oxygens (including phenoxy) is 1. The molecular weight excluding hydrogens is 454 g/mol. The minimum absolute atomic E-state index is 0.148. The molecule has 3 N–H and O–H groups in total. The molecule has 1 unspecified atom stereocenters. The predicted molar refractivity (Wildman–Crippen MR) is 123 cm³/mol. The summed E-state index contributed by atoms with van der Waals surface area (Å²) in [6.07, 6.45) is 2.10. The Morgan fingerprint density at radius 1 is 1.25 bits per heavy atom. The molecule has 2 aromatic heterocycles. The number of carbonyl (C=O) groups excluding carboxylic acids is 1. The van der Waals surface area contributed by atoms with Gasteiger partial charge in [0.05, 0.1) is 21.9 Å². The number of hydrogen-bond donors (Lipinski definition) is 3. The van der Waals surface area contributed by atoms with Crippen molar-refractivity contribution >= 4 is 50.6 Å². The van der Waals surface area contributed by atoms with Gasteiger partial charge in [-0.05, 0) is 42.6 Å². The summed E-state index contributed by atoms with van der Waals surface area (Å²) in [5.41, 5.74) is 1.29. The van der Waals surface area contributed by atoms with Crippen LogP contribution in [0.2, 0.25) is 0 Å². The van der Waals surface area contributed by atoms with Gasteiger partial charge in [-0.1, -0.05) is 6.07 Å². The molecule has 0 aliphatic heterocycles. The van der Waals surface area contributed by atoms with Crippen LogP contribution in [0.25, 0.3) is 10.4 Å². The molecule has 12 heteroatoms. The molecule has 0 aliphatic rings. The Morgan fingerprint density at radius 2 is 2.00 bits per heavy atom. The number of carboxylic acid groups (broad SMARTS) is 1. The van der Waals surface area contributed by atoms with Crippen molar-refractivity contribution < 1.29 is 23.6 Å². The van der Waals surface area contributed by atoms with Crippen molar-refractivity contribution in [2.45, 2.75) is 11.8 Å². The van der Waals surface area contributed by atoms with Gasteiger partial charge in [0.15, 0.2) is 0 Å². The van der Waals surface area contributed by atoms with Gasteiger partial charge < -0.3 is 20.5 Å². The summed E-state index contributed by atoms with van der Waals surface area (Å²) in [4.78, 5) is 32.5. The van der Waals surface area contributed by atoms with Gasteiger partial charge >= 0.3 is 12.1 Å². The second-order valence-electron chi connectivity index (χ2n) is 6.42. The molecular formula is C20H21N5O5S2. The smallest absolute Gasteiger partial charge is 0.442 e. The van der Waals surface area contributed by atoms with E-state index in [1.54, 1.807) is 37.4 Å². The molecule has 3 aromatic rings. The first-order chi connectivity index (χ1) is 15.3. The summed E-state index contributed by atoms with van der Waals surface area (Å²) in [5, 5.41) is 16.7. The van der Waals surface area contributed by atoms with E-state index in [1.807, 2.05) is 17.5 Å². The lowest BCUT2D eigenvalue weighted by atomic mass is 10.2. The third-order valence-electron chi connectivity index (χ3n) is 4.05. The standard InChI is InChI=1S/C20H21N5O5S2/c1-3-30-20(28)25-32(2,29)14-8-6-13(7-9-14)23-19-22-11-15(16-5-4-10-31-16)18(24-19)21-12-17(26)27/h4-11H,3,12H2,1-2H3,(H,26,27)(H2,21,22,23,24). The van der Waals surface area contributed by atoms with Gasteiger partial charge in [-0.15, -0.1) is 15.7 Å². The number of nitrogens with one attached hydrogen (secondary N) is 2. The first kappa shape index (κ1) is 23.2. The van der Waals surface area contributed by atoms with E-state index in [-0.39, 0.29) is 19.1 Å². The topological polar surface area (TPSA) is 143 Å². The first-order valence-electron chi connectivity index (χ1n) is 9.41. The molecule has 3 rings (SSSR count). The third kappa shape index (κ3) is 6.02. The van der Waals surface area contributed by atoms with E-state index in [4.69, 9.17) is 9.84 Å². The molecule has 32 heavy (non-hydrogen) atoms. The molecule has 0 radical (unpaired) electrons. The Balaban J connectivity index is 1.82. The van der Waals surface area contributed by atoms with Crippen molar-refractivity contribution in [3.63, 3.8) is 0 Å². The summed E-state index contributed by atoms with van der Waals surface area (Å²) in [6, 6.07) is 10.2. The quantitative estimate of drug-likeness (QED) is 0.439. The molecule has 0 spiro atoms. The van der Waals surface area contributed by atoms with Crippen LogP contribution < -0.4 is 10.6 Å². The van der Waals surface area contributed by atoms with Crippen molar-refractivity contribution in [1.82, 2.24) is 9.97 Å². The average Bonchev–Trinajstić information content (AvgIpc) is 3.27. The van der Waals surface area contributed by atoms with E-state index < -0.39 is 21.8 Å². The summed E-state index contributed by atoms with van der Waals surface area (Å²) in [7, 11) is -2.95. The highest BCUT2D eigenvalue weighted by molar-refractivity contribution is 7.93. The van der Waals surface area contributed by atoms with Crippen molar-refractivity contribution in [1.29, 1.82) is 0 Å². The molecule has 0 fully saturated rings. The number of carbonyl (C=O) groups is 2. The van der Waals surface area contributed by atoms with E-state index in [0.29, 0.717) is 22.0 Å². The van der Waals surface area contributed by atoms with Crippen LogP contribution in [0, 0.1) is 0 Å². The number of thiophene rings is 1. The zero-order chi connectivity index (χ0) is 23.1. The molecule has 168 valence electrons. The fourth-order valence-corrected chi connectivity index (χ4v) is 4.43. The van der Waals surface area contributed by atoms with Crippen LogP contribution in [0.15, 0.2) is 57.2 Å². The zero-order valence-electron chi connectivity index (χ0n) is 17.3. The number of carboxylic acids is 1. The second kappa shape index (κ2) is 10.2. The maximum Gasteiger partial charge on any atom is 0.442 e. The van der Waals surface area contributed by atoms with Crippen molar-refractivity contribution in [3.8, 4) is 10.4 Å². The van der Waals surface area contributed by atoms with E-state index in [1.165, 1.54) is 17.6 Å². The van der Waals surface area contributed by atoms with Crippen LogP contribution >= 0.6 is 11.3 Å². The molecule has 0 bridgehead atoms. The molecule has 2 heterocycles. The lowest BCUT2D eigenvalue weighted by Crippen LogP contribution is -2.14. The summed E-state index contributed by atoms with van der Waals surface area (Å²) >= 11 is 1.49. The molecule has 1 amide bonds. The predicted octanol–water partition coefficient (Wildman–Crippen LogP) is 4.06. The minimum atomic E-state index is -2.95. The average molecular weight is 476 g/mol. The molecule has 0 saturated heterocycles. The van der Waals surface area contributed by atoms with Gasteiger partial charge in [-0.2, -0.15) is 4.98 Å². The van der Waals surface area contributed by atoms with Crippen LogP contribution in [-0.2, 0) is 19.3 Å². The van der Waals surface area contributed by atoms with E-state index in [0.717, 1.165) is 4.88 Å². The fourth-order valence-electron chi connectivity index (χ4n) is 2.61. The van der Waals surface area contributed by atoms with Crippen LogP contribution in [0.5, 0.6) is 0 Å². The highest BCUT2D eigenvalue weighted by atomic mass is 32.2. The normalized spacial score (nSPS) is 12.4. The lowest BCUT2D eigenvalue weighted by molar-refractivity contribution is -0.134. The van der Waals surface area contributed by atoms with Gasteiger partial charge in [-0.3, -0.25) is 4.79 Å². The number of aromatic nitrogens is 2. The first-order valence-corrected chi connectivity index (χ1v) is 12.2. The Kier molecular flexibility index (Phi) is 7.38. The molecule has 1 atom stereocenters. The van der Waals surface area contributed by atoms with Gasteiger partial charge in [0, 0.05) is 27.9 Å². The van der Waals surface area contributed by atoms with Gasteiger partial charge in [0.2, 0.25) is 5.95 Å². The molecule has 10 nitrogen and oxygen atoms in total. The Hall–Kier alpha value is -3.51. The third-order valence-corrected chi connectivity index (χ3v) is 6.59. The maximum atomic E-state index is 12.7. The fraction of sp³-hybridized carbons (Fsp3) is 0.200.